The number of aromatic nitrogens is 2. The molecule has 158 valence electrons. The number of hydrogen-bond acceptors (Lipinski definition) is 7. The summed E-state index contributed by atoms with van der Waals surface area (Å²) in [5.41, 5.74) is 1.43. The third kappa shape index (κ3) is 4.82. The van der Waals surface area contributed by atoms with Gasteiger partial charge in [0.05, 0.1) is 18.1 Å². The van der Waals surface area contributed by atoms with E-state index in [-0.39, 0.29) is 10.8 Å². The first-order chi connectivity index (χ1) is 14.4. The molecule has 1 saturated heterocycles. The van der Waals surface area contributed by atoms with Crippen LogP contribution in [0.2, 0.25) is 10.0 Å². The summed E-state index contributed by atoms with van der Waals surface area (Å²) >= 11 is 13.4. The normalized spacial score (nSPS) is 15.4. The summed E-state index contributed by atoms with van der Waals surface area (Å²) in [5, 5.41) is 9.58. The molecule has 2 heterocycles. The highest BCUT2D eigenvalue weighted by molar-refractivity contribution is 7.98. The summed E-state index contributed by atoms with van der Waals surface area (Å²) in [6.45, 7) is 1.45. The molecule has 0 aliphatic carbocycles. The monoisotopic (exact) mass is 485 g/mol. The zero-order valence-electron chi connectivity index (χ0n) is 15.6. The first-order valence-electron chi connectivity index (χ1n) is 9.02. The van der Waals surface area contributed by atoms with Gasteiger partial charge in [-0.3, -0.25) is 0 Å². The summed E-state index contributed by atoms with van der Waals surface area (Å²) in [5.74, 6) is 0.780. The molecule has 0 saturated carbocycles. The maximum absolute atomic E-state index is 12.9. The van der Waals surface area contributed by atoms with Crippen LogP contribution in [0, 0.1) is 0 Å². The highest BCUT2D eigenvalue weighted by atomic mass is 35.5. The Labute approximate surface area is 188 Å². The van der Waals surface area contributed by atoms with Crippen LogP contribution in [-0.2, 0) is 20.5 Å². The van der Waals surface area contributed by atoms with Crippen LogP contribution < -0.4 is 0 Å². The van der Waals surface area contributed by atoms with Crippen molar-refractivity contribution in [3.05, 3.63) is 58.1 Å². The zero-order valence-corrected chi connectivity index (χ0v) is 18.8. The minimum Gasteiger partial charge on any atom is -0.411 e. The molecule has 4 rings (SSSR count). The molecule has 0 amide bonds. The quantitative estimate of drug-likeness (QED) is 0.479. The van der Waals surface area contributed by atoms with Crippen molar-refractivity contribution in [2.75, 3.05) is 26.3 Å². The molecule has 11 heteroatoms. The van der Waals surface area contributed by atoms with E-state index in [0.29, 0.717) is 52.9 Å². The van der Waals surface area contributed by atoms with Gasteiger partial charge in [0.15, 0.2) is 0 Å². The molecule has 0 unspecified atom stereocenters. The molecule has 0 bridgehead atoms. The Morgan fingerprint density at radius 2 is 1.87 bits per heavy atom. The number of sulfonamides is 1. The van der Waals surface area contributed by atoms with Gasteiger partial charge >= 0.3 is 0 Å². The van der Waals surface area contributed by atoms with E-state index >= 15 is 0 Å². The van der Waals surface area contributed by atoms with Gasteiger partial charge in [-0.2, -0.15) is 4.31 Å². The second-order valence-electron chi connectivity index (χ2n) is 6.44. The average Bonchev–Trinajstić information content (AvgIpc) is 3.23. The van der Waals surface area contributed by atoms with E-state index in [1.807, 2.05) is 6.07 Å². The molecule has 1 aliphatic rings. The van der Waals surface area contributed by atoms with Crippen molar-refractivity contribution >= 4 is 45.0 Å². The molecular weight excluding hydrogens is 469 g/mol. The fourth-order valence-corrected chi connectivity index (χ4v) is 5.66. The minimum absolute atomic E-state index is 0.183. The van der Waals surface area contributed by atoms with Gasteiger partial charge in [-0.1, -0.05) is 47.1 Å². The summed E-state index contributed by atoms with van der Waals surface area (Å²) in [6, 6.07) is 11.8. The topological polar surface area (TPSA) is 85.5 Å². The maximum Gasteiger partial charge on any atom is 0.277 e. The van der Waals surface area contributed by atoms with Gasteiger partial charge in [0.25, 0.3) is 5.22 Å². The molecule has 2 aromatic carbocycles. The van der Waals surface area contributed by atoms with Crippen molar-refractivity contribution in [2.45, 2.75) is 15.9 Å². The van der Waals surface area contributed by atoms with E-state index in [2.05, 4.69) is 10.2 Å². The molecule has 0 radical (unpaired) electrons. The maximum atomic E-state index is 12.9. The Morgan fingerprint density at radius 3 is 2.63 bits per heavy atom. The van der Waals surface area contributed by atoms with Gasteiger partial charge in [0.1, 0.15) is 0 Å². The highest BCUT2D eigenvalue weighted by Crippen LogP contribution is 2.30. The van der Waals surface area contributed by atoms with E-state index in [4.69, 9.17) is 32.4 Å². The first-order valence-corrected chi connectivity index (χ1v) is 12.2. The van der Waals surface area contributed by atoms with Gasteiger partial charge in [-0.15, -0.1) is 10.2 Å². The lowest BCUT2D eigenvalue weighted by atomic mass is 10.2. The summed E-state index contributed by atoms with van der Waals surface area (Å²) in [4.78, 5) is 0.183. The number of halogens is 2. The molecule has 0 N–H and O–H groups in total. The smallest absolute Gasteiger partial charge is 0.277 e. The summed E-state index contributed by atoms with van der Waals surface area (Å²) < 4.78 is 38.1. The first kappa shape index (κ1) is 21.6. The predicted octanol–water partition coefficient (Wildman–Crippen LogP) is 4.36. The average molecular weight is 486 g/mol. The van der Waals surface area contributed by atoms with Crippen molar-refractivity contribution in [2.24, 2.45) is 0 Å². The van der Waals surface area contributed by atoms with E-state index in [0.717, 1.165) is 5.56 Å². The van der Waals surface area contributed by atoms with Crippen LogP contribution in [-0.4, -0.2) is 49.2 Å². The predicted molar refractivity (Wildman–Crippen MR) is 115 cm³/mol. The SMILES string of the molecule is O=S(=O)(c1cccc(-c2nnc(SCc3ccc(Cl)cc3Cl)o2)c1)N1CCOCC1. The number of thioether (sulfide) groups is 1. The van der Waals surface area contributed by atoms with Gasteiger partial charge in [0.2, 0.25) is 15.9 Å². The molecule has 3 aromatic rings. The molecule has 1 aromatic heterocycles. The molecule has 7 nitrogen and oxygen atoms in total. The number of hydrogen-bond donors (Lipinski definition) is 0. The Morgan fingerprint density at radius 1 is 1.07 bits per heavy atom. The lowest BCUT2D eigenvalue weighted by Gasteiger charge is -2.26. The van der Waals surface area contributed by atoms with Crippen LogP contribution in [0.1, 0.15) is 5.56 Å². The van der Waals surface area contributed by atoms with E-state index < -0.39 is 10.0 Å². The minimum atomic E-state index is -3.61. The molecule has 1 aliphatic heterocycles. The number of benzene rings is 2. The van der Waals surface area contributed by atoms with E-state index in [1.165, 1.54) is 16.1 Å². The summed E-state index contributed by atoms with van der Waals surface area (Å²) in [6.07, 6.45) is 0. The van der Waals surface area contributed by atoms with Crippen LogP contribution in [0.3, 0.4) is 0 Å². The Hall–Kier alpha value is -1.62. The van der Waals surface area contributed by atoms with Crippen LogP contribution in [0.25, 0.3) is 11.5 Å². The second kappa shape index (κ2) is 9.25. The van der Waals surface area contributed by atoms with Crippen molar-refractivity contribution in [1.82, 2.24) is 14.5 Å². The van der Waals surface area contributed by atoms with Crippen LogP contribution in [0.5, 0.6) is 0 Å². The third-order valence-electron chi connectivity index (χ3n) is 4.46. The third-order valence-corrected chi connectivity index (χ3v) is 7.81. The van der Waals surface area contributed by atoms with Gasteiger partial charge in [-0.05, 0) is 35.9 Å². The summed E-state index contributed by atoms with van der Waals surface area (Å²) in [7, 11) is -3.61. The van der Waals surface area contributed by atoms with Crippen molar-refractivity contribution in [1.29, 1.82) is 0 Å². The fourth-order valence-electron chi connectivity index (χ4n) is 2.89. The van der Waals surface area contributed by atoms with Crippen LogP contribution in [0.15, 0.2) is 57.0 Å². The van der Waals surface area contributed by atoms with Gasteiger partial charge in [-0.25, -0.2) is 8.42 Å². The van der Waals surface area contributed by atoms with E-state index in [9.17, 15) is 8.42 Å². The molecule has 1 fully saturated rings. The Bertz CT molecular complexity index is 1150. The van der Waals surface area contributed by atoms with Gasteiger partial charge in [0, 0.05) is 34.5 Å². The van der Waals surface area contributed by atoms with Gasteiger partial charge < -0.3 is 9.15 Å². The lowest BCUT2D eigenvalue weighted by Crippen LogP contribution is -2.40. The number of ether oxygens (including phenoxy) is 1. The van der Waals surface area contributed by atoms with Crippen molar-refractivity contribution < 1.29 is 17.6 Å². The van der Waals surface area contributed by atoms with Crippen molar-refractivity contribution in [3.63, 3.8) is 0 Å². The number of rotatable bonds is 6. The lowest BCUT2D eigenvalue weighted by molar-refractivity contribution is 0.0730. The van der Waals surface area contributed by atoms with Crippen LogP contribution in [0.4, 0.5) is 0 Å². The molecule has 0 spiro atoms. The van der Waals surface area contributed by atoms with E-state index in [1.54, 1.807) is 36.4 Å². The second-order valence-corrected chi connectivity index (χ2v) is 10.1. The standard InChI is InChI=1S/C19H17Cl2N3O4S2/c20-15-5-4-14(17(21)11-15)12-29-19-23-22-18(28-19)13-2-1-3-16(10-13)30(25,26)24-6-8-27-9-7-24/h1-5,10-11H,6-9,12H2. The largest absolute Gasteiger partial charge is 0.411 e. The Kier molecular flexibility index (Phi) is 6.66. The Balaban J connectivity index is 1.50. The fraction of sp³-hybridized carbons (Fsp3) is 0.263. The molecular formula is C19H17Cl2N3O4S2. The zero-order chi connectivity index (χ0) is 21.1. The number of morpholine rings is 1. The van der Waals surface area contributed by atoms with Crippen molar-refractivity contribution in [3.8, 4) is 11.5 Å². The highest BCUT2D eigenvalue weighted by Gasteiger charge is 2.27. The number of nitrogens with zero attached hydrogens (tertiary/aromatic N) is 3. The molecule has 0 atom stereocenters. The van der Waals surface area contributed by atoms with Crippen LogP contribution >= 0.6 is 35.0 Å². The molecule has 30 heavy (non-hydrogen) atoms.